The Balaban J connectivity index is 2.46. The topological polar surface area (TPSA) is 92.5 Å². The fourth-order valence-electron chi connectivity index (χ4n) is 4.16. The molecular weight excluding hydrogens is 377 g/mol. The number of carboxylic acids is 1. The smallest absolute Gasteiger partial charge is 0.391 e. The van der Waals surface area contributed by atoms with Gasteiger partial charge in [0.25, 0.3) is 5.70 Å². The largest absolute Gasteiger partial charge is 0.478 e. The summed E-state index contributed by atoms with van der Waals surface area (Å²) in [5.74, 6) is -3.20. The van der Waals surface area contributed by atoms with Crippen LogP contribution in [0.4, 0.5) is 13.2 Å². The number of alkyl halides is 4. The van der Waals surface area contributed by atoms with Crippen LogP contribution in [0, 0.1) is 27.4 Å². The van der Waals surface area contributed by atoms with Crippen molar-refractivity contribution in [3.8, 4) is 0 Å². The molecule has 0 heterocycles. The zero-order valence-corrected chi connectivity index (χ0v) is 15.0. The van der Waals surface area contributed by atoms with Gasteiger partial charge in [0.15, 0.2) is 0 Å². The molecule has 1 saturated carbocycles. The Kier molecular flexibility index (Phi) is 5.60. The summed E-state index contributed by atoms with van der Waals surface area (Å²) in [6.07, 6.45) is -3.25. The first-order valence-electron chi connectivity index (χ1n) is 8.17. The summed E-state index contributed by atoms with van der Waals surface area (Å²) in [6, 6.07) is 0. The third-order valence-electron chi connectivity index (χ3n) is 5.62. The first-order valence-corrected chi connectivity index (χ1v) is 8.60. The number of halogens is 4. The van der Waals surface area contributed by atoms with Gasteiger partial charge in [-0.05, 0) is 31.6 Å². The number of carboxylic acid groups (broad SMARTS) is 1. The van der Waals surface area contributed by atoms with Crippen LogP contribution in [0.2, 0.25) is 0 Å². The van der Waals surface area contributed by atoms with Gasteiger partial charge in [0, 0.05) is 18.5 Å². The lowest BCUT2D eigenvalue weighted by Gasteiger charge is -2.46. The average Bonchev–Trinajstić information content (AvgIpc) is 2.55. The van der Waals surface area contributed by atoms with Crippen LogP contribution in [0.5, 0.6) is 0 Å². The van der Waals surface area contributed by atoms with Gasteiger partial charge in [-0.15, -0.1) is 11.6 Å². The van der Waals surface area contributed by atoms with E-state index in [0.29, 0.717) is 0 Å². The standard InChI is InChI=1S/C16H20ClF3N2O4/c1-15(8-3-5-9(6-4-8)16(18,19)20)12(17)10(14(23)24)7-11(22(25)26)13(15)21-2/h7-9,12,21H,3-6H2,1-2H3,(H,23,24). The molecule has 0 aromatic carbocycles. The molecule has 0 spiro atoms. The second-order valence-corrected chi connectivity index (χ2v) is 7.34. The quantitative estimate of drug-likeness (QED) is 0.429. The van der Waals surface area contributed by atoms with Crippen molar-refractivity contribution in [3.63, 3.8) is 0 Å². The molecular formula is C16H20ClF3N2O4. The third kappa shape index (κ3) is 3.41. The molecule has 2 rings (SSSR count). The fourth-order valence-corrected chi connectivity index (χ4v) is 4.60. The van der Waals surface area contributed by atoms with Crippen molar-refractivity contribution in [1.29, 1.82) is 0 Å². The summed E-state index contributed by atoms with van der Waals surface area (Å²) in [4.78, 5) is 22.2. The second-order valence-electron chi connectivity index (χ2n) is 6.91. The molecule has 2 atom stereocenters. The number of rotatable bonds is 4. The van der Waals surface area contributed by atoms with Gasteiger partial charge in [0.05, 0.1) is 27.5 Å². The zero-order valence-electron chi connectivity index (χ0n) is 14.3. The van der Waals surface area contributed by atoms with Crippen LogP contribution in [-0.4, -0.2) is 34.6 Å². The van der Waals surface area contributed by atoms with Crippen molar-refractivity contribution in [3.05, 3.63) is 33.2 Å². The van der Waals surface area contributed by atoms with Gasteiger partial charge < -0.3 is 10.4 Å². The van der Waals surface area contributed by atoms with Crippen molar-refractivity contribution in [2.24, 2.45) is 17.3 Å². The third-order valence-corrected chi connectivity index (χ3v) is 6.31. The maximum Gasteiger partial charge on any atom is 0.391 e. The maximum absolute atomic E-state index is 12.9. The van der Waals surface area contributed by atoms with E-state index in [1.165, 1.54) is 7.05 Å². The normalized spacial score (nSPS) is 32.8. The van der Waals surface area contributed by atoms with E-state index in [2.05, 4.69) is 5.32 Å². The van der Waals surface area contributed by atoms with E-state index in [4.69, 9.17) is 11.6 Å². The molecule has 146 valence electrons. The predicted molar refractivity (Wildman–Crippen MR) is 88.0 cm³/mol. The summed E-state index contributed by atoms with van der Waals surface area (Å²) in [5.41, 5.74) is -1.76. The van der Waals surface area contributed by atoms with Crippen LogP contribution in [0.3, 0.4) is 0 Å². The van der Waals surface area contributed by atoms with E-state index in [0.717, 1.165) is 6.08 Å². The van der Waals surface area contributed by atoms with Gasteiger partial charge in [-0.2, -0.15) is 13.2 Å². The SMILES string of the molecule is CNC1=C([N+](=O)[O-])C=C(C(=O)O)C(Cl)C1(C)C1CCC(C(F)(F)F)CC1. The van der Waals surface area contributed by atoms with Crippen molar-refractivity contribution < 1.29 is 28.0 Å². The Bertz CT molecular complexity index is 669. The van der Waals surface area contributed by atoms with Gasteiger partial charge in [-0.1, -0.05) is 6.92 Å². The zero-order chi connectivity index (χ0) is 19.9. The van der Waals surface area contributed by atoms with Gasteiger partial charge >= 0.3 is 12.1 Å². The molecule has 0 aromatic heterocycles. The van der Waals surface area contributed by atoms with Crippen LogP contribution in [-0.2, 0) is 4.79 Å². The molecule has 0 aliphatic heterocycles. The highest BCUT2D eigenvalue weighted by molar-refractivity contribution is 6.26. The maximum atomic E-state index is 12.9. The van der Waals surface area contributed by atoms with Gasteiger partial charge in [0.1, 0.15) is 0 Å². The van der Waals surface area contributed by atoms with Crippen LogP contribution < -0.4 is 5.32 Å². The van der Waals surface area contributed by atoms with E-state index in [-0.39, 0.29) is 37.0 Å². The number of nitrogens with one attached hydrogen (secondary N) is 1. The molecule has 2 N–H and O–H groups in total. The molecule has 2 unspecified atom stereocenters. The highest BCUT2D eigenvalue weighted by Crippen LogP contribution is 2.54. The molecule has 0 saturated heterocycles. The van der Waals surface area contributed by atoms with E-state index >= 15 is 0 Å². The highest BCUT2D eigenvalue weighted by Gasteiger charge is 2.54. The monoisotopic (exact) mass is 396 g/mol. The minimum Gasteiger partial charge on any atom is -0.478 e. The second kappa shape index (κ2) is 7.09. The Labute approximate surface area is 153 Å². The predicted octanol–water partition coefficient (Wildman–Crippen LogP) is 3.70. The summed E-state index contributed by atoms with van der Waals surface area (Å²) in [6.45, 7) is 1.59. The van der Waals surface area contributed by atoms with Crippen molar-refractivity contribution in [2.75, 3.05) is 7.05 Å². The van der Waals surface area contributed by atoms with Crippen LogP contribution in [0.25, 0.3) is 0 Å². The molecule has 0 aromatic rings. The summed E-state index contributed by atoms with van der Waals surface area (Å²) in [5, 5.41) is 22.5. The lowest BCUT2D eigenvalue weighted by Crippen LogP contribution is -2.48. The minimum atomic E-state index is -4.28. The number of allylic oxidation sites excluding steroid dienone is 2. The van der Waals surface area contributed by atoms with Crippen LogP contribution in [0.1, 0.15) is 32.6 Å². The van der Waals surface area contributed by atoms with E-state index in [1.807, 2.05) is 0 Å². The van der Waals surface area contributed by atoms with Gasteiger partial charge in [-0.25, -0.2) is 4.79 Å². The number of carbonyl (C=O) groups is 1. The van der Waals surface area contributed by atoms with Crippen molar-refractivity contribution in [1.82, 2.24) is 5.32 Å². The Morgan fingerprint density at radius 2 is 1.92 bits per heavy atom. The fraction of sp³-hybridized carbons (Fsp3) is 0.688. The Morgan fingerprint density at radius 1 is 1.38 bits per heavy atom. The molecule has 10 heteroatoms. The van der Waals surface area contributed by atoms with Gasteiger partial charge in [0.2, 0.25) is 0 Å². The number of nitro groups is 1. The van der Waals surface area contributed by atoms with Crippen molar-refractivity contribution in [2.45, 2.75) is 44.2 Å². The molecule has 1 fully saturated rings. The number of hydrogen-bond donors (Lipinski definition) is 2. The molecule has 2 aliphatic rings. The molecule has 26 heavy (non-hydrogen) atoms. The van der Waals surface area contributed by atoms with E-state index < -0.39 is 45.4 Å². The number of aliphatic carboxylic acids is 1. The summed E-state index contributed by atoms with van der Waals surface area (Å²) < 4.78 is 38.8. The lowest BCUT2D eigenvalue weighted by molar-refractivity contribution is -0.421. The first-order chi connectivity index (χ1) is 11.9. The summed E-state index contributed by atoms with van der Waals surface area (Å²) >= 11 is 6.42. The lowest BCUT2D eigenvalue weighted by atomic mass is 9.61. The summed E-state index contributed by atoms with van der Waals surface area (Å²) in [7, 11) is 1.46. The van der Waals surface area contributed by atoms with Crippen LogP contribution >= 0.6 is 11.6 Å². The van der Waals surface area contributed by atoms with E-state index in [1.54, 1.807) is 6.92 Å². The van der Waals surface area contributed by atoms with E-state index in [9.17, 15) is 33.2 Å². The highest BCUT2D eigenvalue weighted by atomic mass is 35.5. The van der Waals surface area contributed by atoms with Gasteiger partial charge in [-0.3, -0.25) is 10.1 Å². The minimum absolute atomic E-state index is 0.107. The Morgan fingerprint density at radius 3 is 2.31 bits per heavy atom. The van der Waals surface area contributed by atoms with Crippen LogP contribution in [0.15, 0.2) is 23.0 Å². The average molecular weight is 397 g/mol. The molecule has 0 amide bonds. The Hall–Kier alpha value is -1.77. The number of hydrogen-bond acceptors (Lipinski definition) is 4. The number of nitrogens with zero attached hydrogens (tertiary/aromatic N) is 1. The molecule has 2 aliphatic carbocycles. The molecule has 0 radical (unpaired) electrons. The first kappa shape index (κ1) is 20.5. The van der Waals surface area contributed by atoms with Crippen molar-refractivity contribution >= 4 is 17.6 Å². The molecule has 6 nitrogen and oxygen atoms in total. The molecule has 0 bridgehead atoms.